The predicted molar refractivity (Wildman–Crippen MR) is 28.4 cm³/mol. The van der Waals surface area contributed by atoms with E-state index in [0.29, 0.717) is 0 Å². The molecule has 0 aromatic heterocycles. The van der Waals surface area contributed by atoms with Gasteiger partial charge in [0.25, 0.3) is 0 Å². The van der Waals surface area contributed by atoms with E-state index < -0.39 is 6.16 Å². The van der Waals surface area contributed by atoms with Crippen molar-refractivity contribution in [3.05, 3.63) is 0 Å². The Morgan fingerprint density at radius 1 is 1.29 bits per heavy atom. The van der Waals surface area contributed by atoms with E-state index in [0.717, 1.165) is 0 Å². The van der Waals surface area contributed by atoms with E-state index in [9.17, 15) is 0 Å². The quantitative estimate of drug-likeness (QED) is 0.389. The first-order valence-electron chi connectivity index (χ1n) is 0.855. The van der Waals surface area contributed by atoms with E-state index in [2.05, 4.69) is 0 Å². The molecule has 0 heterocycles. The fourth-order valence-corrected chi connectivity index (χ4v) is 0. The van der Waals surface area contributed by atoms with Gasteiger partial charge in [-0.3, -0.25) is 0 Å². The van der Waals surface area contributed by atoms with Crippen molar-refractivity contribution in [3.63, 3.8) is 0 Å². The van der Waals surface area contributed by atoms with E-state index in [1.807, 2.05) is 0 Å². The summed E-state index contributed by atoms with van der Waals surface area (Å²) in [6, 6.07) is 0. The standard InChI is InChI=1S/CH2O3.2Bi.O.4H/c2-1(3)4;;;;;;;/h(H2,2,3,4);;;;;;;. The summed E-state index contributed by atoms with van der Waals surface area (Å²) in [6.45, 7) is 0. The van der Waals surface area contributed by atoms with Gasteiger partial charge >= 0.3 is 59.9 Å². The van der Waals surface area contributed by atoms with E-state index in [1.165, 1.54) is 0 Å². The zero-order valence-electron chi connectivity index (χ0n) is 3.42. The van der Waals surface area contributed by atoms with Crippen molar-refractivity contribution in [1.82, 2.24) is 0 Å². The van der Waals surface area contributed by atoms with Gasteiger partial charge in [0.1, 0.15) is 0 Å². The van der Waals surface area contributed by atoms with Crippen LogP contribution in [0.5, 0.6) is 0 Å². The van der Waals surface area contributed by atoms with E-state index >= 15 is 0 Å². The number of hydrogen-bond donors (Lipinski definition) is 2. The molecule has 7 heavy (non-hydrogen) atoms. The third kappa shape index (κ3) is 229. The summed E-state index contributed by atoms with van der Waals surface area (Å²) in [5.41, 5.74) is 0. The van der Waals surface area contributed by atoms with Crippen LogP contribution in [0.15, 0.2) is 0 Å². The molecular formula is CH6Bi2O4. The Morgan fingerprint density at radius 3 is 1.29 bits per heavy atom. The Hall–Kier alpha value is 0.836. The van der Waals surface area contributed by atoms with Gasteiger partial charge in [-0.05, 0) is 0 Å². The van der Waals surface area contributed by atoms with Gasteiger partial charge in [0, 0.05) is 0 Å². The van der Waals surface area contributed by atoms with Crippen LogP contribution in [0.2, 0.25) is 0 Å². The van der Waals surface area contributed by atoms with Crippen LogP contribution in [0.4, 0.5) is 4.79 Å². The zero-order valence-corrected chi connectivity index (χ0v) is 12.8. The molecule has 44 valence electrons. The Morgan fingerprint density at radius 2 is 1.29 bits per heavy atom. The molecule has 0 aromatic carbocycles. The minimum atomic E-state index is -1.83. The molecule has 2 N–H and O–H groups in total. The van der Waals surface area contributed by atoms with Crippen molar-refractivity contribution in [2.24, 2.45) is 0 Å². The maximum absolute atomic E-state index is 8.56. The van der Waals surface area contributed by atoms with Crippen LogP contribution < -0.4 is 0 Å². The monoisotopic (exact) mass is 500 g/mol. The van der Waals surface area contributed by atoms with Gasteiger partial charge in [-0.15, -0.1) is 0 Å². The third-order valence-electron chi connectivity index (χ3n) is 0. The minimum absolute atomic E-state index is 0. The molecule has 0 amide bonds. The molecular weight excluding hydrogens is 494 g/mol. The van der Waals surface area contributed by atoms with Crippen LogP contribution >= 0.6 is 0 Å². The topological polar surface area (TPSA) is 74.6 Å². The molecule has 0 aliphatic carbocycles. The maximum atomic E-state index is 8.56. The summed E-state index contributed by atoms with van der Waals surface area (Å²) in [6.07, 6.45) is -1.83. The van der Waals surface area contributed by atoms with Crippen molar-refractivity contribution in [3.8, 4) is 0 Å². The van der Waals surface area contributed by atoms with Gasteiger partial charge in [-0.25, -0.2) is 4.79 Å². The Balaban J connectivity index is -0.0000000480. The molecule has 0 radical (unpaired) electrons. The van der Waals surface area contributed by atoms with E-state index in [1.54, 1.807) is 0 Å². The van der Waals surface area contributed by atoms with Crippen LogP contribution in [-0.4, -0.2) is 67.3 Å². The van der Waals surface area contributed by atoms with Gasteiger partial charge in [0.15, 0.2) is 0 Å². The third-order valence-corrected chi connectivity index (χ3v) is 0. The fourth-order valence-electron chi connectivity index (χ4n) is 0. The predicted octanol–water partition coefficient (Wildman–Crippen LogP) is -1.73. The van der Waals surface area contributed by atoms with Crippen molar-refractivity contribution < 1.29 is 17.8 Å². The van der Waals surface area contributed by atoms with Gasteiger partial charge in [0.05, 0.1) is 0 Å². The van der Waals surface area contributed by atoms with Crippen molar-refractivity contribution in [1.29, 1.82) is 0 Å². The van der Waals surface area contributed by atoms with E-state index in [-0.39, 0.29) is 50.9 Å². The molecule has 0 rings (SSSR count). The molecule has 4 nitrogen and oxygen atoms in total. The van der Waals surface area contributed by atoms with Gasteiger partial charge in [-0.1, -0.05) is 0 Å². The summed E-state index contributed by atoms with van der Waals surface area (Å²) in [7, 11) is 0. The van der Waals surface area contributed by atoms with Gasteiger partial charge in [0.2, 0.25) is 0 Å². The average Bonchev–Trinajstić information content (AvgIpc) is 1.41. The summed E-state index contributed by atoms with van der Waals surface area (Å²) in [4.78, 5) is 8.56. The van der Waals surface area contributed by atoms with Crippen LogP contribution in [-0.2, 0) is 2.81 Å². The summed E-state index contributed by atoms with van der Waals surface area (Å²) in [5, 5.41) is 13.9. The zero-order chi connectivity index (χ0) is 5.58. The van der Waals surface area contributed by atoms with Crippen molar-refractivity contribution >= 4 is 57.1 Å². The Kier molecular flexibility index (Phi) is 35.4. The SMILES string of the molecule is O=C(O)O.[BiH3].[O]=[BiH]. The summed E-state index contributed by atoms with van der Waals surface area (Å²) < 4.78 is 8.39. The van der Waals surface area contributed by atoms with Crippen molar-refractivity contribution in [2.45, 2.75) is 0 Å². The van der Waals surface area contributed by atoms with Crippen molar-refractivity contribution in [2.75, 3.05) is 0 Å². The normalized spacial score (nSPS) is 4.00. The molecule has 0 fully saturated rings. The molecule has 6 heteroatoms. The van der Waals surface area contributed by atoms with Gasteiger partial charge in [-0.2, -0.15) is 0 Å². The van der Waals surface area contributed by atoms with Crippen LogP contribution in [0.25, 0.3) is 0 Å². The van der Waals surface area contributed by atoms with Gasteiger partial charge < -0.3 is 10.2 Å². The molecule has 0 aliphatic rings. The van der Waals surface area contributed by atoms with E-state index in [4.69, 9.17) is 17.8 Å². The second-order valence-electron chi connectivity index (χ2n) is 0.283. The number of carboxylic acid groups (broad SMARTS) is 2. The summed E-state index contributed by atoms with van der Waals surface area (Å²) in [5.74, 6) is 0. The first-order chi connectivity index (χ1) is 2.73. The Bertz CT molecular complexity index is 41.0. The number of carbonyl (C=O) groups is 1. The summed E-state index contributed by atoms with van der Waals surface area (Å²) >= 11 is 0.0556. The molecule has 0 saturated heterocycles. The molecule has 0 saturated carbocycles. The first kappa shape index (κ1) is 15.7. The average molecular weight is 500 g/mol. The second-order valence-corrected chi connectivity index (χ2v) is 0.283. The Labute approximate surface area is 74.3 Å². The molecule has 0 bridgehead atoms. The number of rotatable bonds is 0. The van der Waals surface area contributed by atoms with Crippen LogP contribution in [0.1, 0.15) is 0 Å². The number of hydrogen-bond acceptors (Lipinski definition) is 2. The molecule has 0 aliphatic heterocycles. The van der Waals surface area contributed by atoms with Crippen LogP contribution in [0, 0.1) is 0 Å². The van der Waals surface area contributed by atoms with Crippen LogP contribution in [0.3, 0.4) is 0 Å². The molecule has 0 atom stereocenters. The second kappa shape index (κ2) is 15.8. The molecule has 0 spiro atoms. The molecule has 0 unspecified atom stereocenters. The fraction of sp³-hybridized carbons (Fsp3) is 0. The molecule has 0 aromatic rings. The first-order valence-corrected chi connectivity index (χ1v) is 2.44.